The molecule has 0 amide bonds. The second kappa shape index (κ2) is 11.3. The zero-order valence-electron chi connectivity index (χ0n) is 13.8. The van der Waals surface area contributed by atoms with Crippen molar-refractivity contribution in [3.05, 3.63) is 18.2 Å². The standard InChI is InChI=1S/C16H25N3O3.HI/c1-3-17-16(18-8-11-20-4-2)19-13-6-7-14-15(12-13)22-10-5-9-21-14;/h6-7,12H,3-5,8-11H2,1-2H3,(H2,17,18,19);1H. The van der Waals surface area contributed by atoms with Crippen LogP contribution >= 0.6 is 24.0 Å². The minimum Gasteiger partial charge on any atom is -0.490 e. The van der Waals surface area contributed by atoms with E-state index >= 15 is 0 Å². The van der Waals surface area contributed by atoms with E-state index in [9.17, 15) is 0 Å². The molecule has 0 saturated carbocycles. The van der Waals surface area contributed by atoms with E-state index in [-0.39, 0.29) is 24.0 Å². The van der Waals surface area contributed by atoms with Crippen molar-refractivity contribution in [1.82, 2.24) is 5.32 Å². The third kappa shape index (κ3) is 6.82. The summed E-state index contributed by atoms with van der Waals surface area (Å²) in [7, 11) is 0. The molecule has 7 heteroatoms. The largest absolute Gasteiger partial charge is 0.490 e. The first kappa shape index (κ1) is 19.8. The number of guanidine groups is 1. The van der Waals surface area contributed by atoms with Crippen LogP contribution in [0.4, 0.5) is 5.69 Å². The lowest BCUT2D eigenvalue weighted by molar-refractivity contribution is 0.156. The van der Waals surface area contributed by atoms with Crippen LogP contribution in [0.1, 0.15) is 20.3 Å². The average Bonchev–Trinajstić information content (AvgIpc) is 2.76. The summed E-state index contributed by atoms with van der Waals surface area (Å²) in [6.07, 6.45) is 0.902. The van der Waals surface area contributed by atoms with Crippen LogP contribution in [0.2, 0.25) is 0 Å². The molecule has 2 N–H and O–H groups in total. The van der Waals surface area contributed by atoms with Gasteiger partial charge in [-0.15, -0.1) is 24.0 Å². The lowest BCUT2D eigenvalue weighted by Gasteiger charge is -2.13. The number of hydrogen-bond acceptors (Lipinski definition) is 4. The van der Waals surface area contributed by atoms with Crippen LogP contribution in [0.15, 0.2) is 23.2 Å². The summed E-state index contributed by atoms with van der Waals surface area (Å²) in [6, 6.07) is 5.83. The molecule has 1 aliphatic rings. The first-order valence-electron chi connectivity index (χ1n) is 7.86. The van der Waals surface area contributed by atoms with Gasteiger partial charge < -0.3 is 24.8 Å². The number of benzene rings is 1. The van der Waals surface area contributed by atoms with Crippen molar-refractivity contribution in [3.8, 4) is 11.5 Å². The van der Waals surface area contributed by atoms with E-state index in [1.807, 2.05) is 32.0 Å². The van der Waals surface area contributed by atoms with Gasteiger partial charge in [-0.2, -0.15) is 0 Å². The van der Waals surface area contributed by atoms with E-state index < -0.39 is 0 Å². The molecule has 130 valence electrons. The number of anilines is 1. The van der Waals surface area contributed by atoms with Gasteiger partial charge in [-0.3, -0.25) is 4.99 Å². The monoisotopic (exact) mass is 435 g/mol. The van der Waals surface area contributed by atoms with Crippen molar-refractivity contribution >= 4 is 35.6 Å². The quantitative estimate of drug-likeness (QED) is 0.312. The van der Waals surface area contributed by atoms with Crippen molar-refractivity contribution in [2.75, 3.05) is 44.8 Å². The second-order valence-electron chi connectivity index (χ2n) is 4.79. The number of aliphatic imine (C=N–C) groups is 1. The summed E-state index contributed by atoms with van der Waals surface area (Å²) in [6.45, 7) is 8.13. The van der Waals surface area contributed by atoms with Crippen molar-refractivity contribution in [3.63, 3.8) is 0 Å². The maximum atomic E-state index is 5.70. The summed E-state index contributed by atoms with van der Waals surface area (Å²) < 4.78 is 16.6. The third-order valence-electron chi connectivity index (χ3n) is 3.06. The van der Waals surface area contributed by atoms with E-state index in [0.29, 0.717) is 33.0 Å². The Hall–Kier alpha value is -1.22. The predicted octanol–water partition coefficient (Wildman–Crippen LogP) is 2.88. The molecule has 0 bridgehead atoms. The van der Waals surface area contributed by atoms with Gasteiger partial charge in [0.25, 0.3) is 0 Å². The van der Waals surface area contributed by atoms with Crippen LogP contribution in [0, 0.1) is 0 Å². The molecule has 0 aromatic heterocycles. The number of nitrogens with one attached hydrogen (secondary N) is 2. The molecule has 0 atom stereocenters. The molecule has 1 aliphatic heterocycles. The minimum absolute atomic E-state index is 0. The van der Waals surface area contributed by atoms with Crippen LogP contribution in [0.3, 0.4) is 0 Å². The Labute approximate surface area is 155 Å². The Balaban J connectivity index is 0.00000264. The number of hydrogen-bond donors (Lipinski definition) is 2. The normalized spacial score (nSPS) is 13.7. The van der Waals surface area contributed by atoms with E-state index in [4.69, 9.17) is 14.2 Å². The second-order valence-corrected chi connectivity index (χ2v) is 4.79. The van der Waals surface area contributed by atoms with Gasteiger partial charge >= 0.3 is 0 Å². The van der Waals surface area contributed by atoms with Crippen molar-refractivity contribution < 1.29 is 14.2 Å². The van der Waals surface area contributed by atoms with Gasteiger partial charge in [0.2, 0.25) is 0 Å². The first-order chi connectivity index (χ1) is 10.8. The number of halogens is 1. The Morgan fingerprint density at radius 3 is 2.74 bits per heavy atom. The van der Waals surface area contributed by atoms with E-state index in [0.717, 1.165) is 36.1 Å². The summed E-state index contributed by atoms with van der Waals surface area (Å²) in [4.78, 5) is 4.47. The predicted molar refractivity (Wildman–Crippen MR) is 104 cm³/mol. The molecule has 2 rings (SSSR count). The molecular weight excluding hydrogens is 409 g/mol. The highest BCUT2D eigenvalue weighted by Gasteiger charge is 2.11. The number of ether oxygens (including phenoxy) is 3. The molecule has 0 aliphatic carbocycles. The van der Waals surface area contributed by atoms with Gasteiger partial charge in [0.1, 0.15) is 0 Å². The summed E-state index contributed by atoms with van der Waals surface area (Å²) in [5.74, 6) is 2.30. The lowest BCUT2D eigenvalue weighted by atomic mass is 10.3. The lowest BCUT2D eigenvalue weighted by Crippen LogP contribution is -2.31. The van der Waals surface area contributed by atoms with Gasteiger partial charge in [0, 0.05) is 31.3 Å². The molecule has 1 aromatic rings. The average molecular weight is 435 g/mol. The molecule has 1 aromatic carbocycles. The number of rotatable bonds is 6. The Kier molecular flexibility index (Phi) is 9.77. The molecule has 0 fully saturated rings. The Morgan fingerprint density at radius 1 is 1.22 bits per heavy atom. The van der Waals surface area contributed by atoms with Crippen LogP contribution in [0.5, 0.6) is 11.5 Å². The van der Waals surface area contributed by atoms with Crippen molar-refractivity contribution in [2.24, 2.45) is 4.99 Å². The first-order valence-corrected chi connectivity index (χ1v) is 7.86. The van der Waals surface area contributed by atoms with Crippen LogP contribution in [-0.4, -0.2) is 45.5 Å². The number of fused-ring (bicyclic) bond motifs is 1. The molecular formula is C16H26IN3O3. The Bertz CT molecular complexity index is 497. The smallest absolute Gasteiger partial charge is 0.195 e. The number of nitrogens with zero attached hydrogens (tertiary/aromatic N) is 1. The summed E-state index contributed by atoms with van der Waals surface area (Å²) >= 11 is 0. The summed E-state index contributed by atoms with van der Waals surface area (Å²) in [5, 5.41) is 6.49. The molecule has 0 unspecified atom stereocenters. The van der Waals surface area contributed by atoms with E-state index in [1.165, 1.54) is 0 Å². The molecule has 0 spiro atoms. The van der Waals surface area contributed by atoms with Gasteiger partial charge in [-0.1, -0.05) is 0 Å². The highest BCUT2D eigenvalue weighted by molar-refractivity contribution is 14.0. The maximum absolute atomic E-state index is 5.70. The van der Waals surface area contributed by atoms with Crippen LogP contribution < -0.4 is 20.1 Å². The highest BCUT2D eigenvalue weighted by Crippen LogP contribution is 2.32. The van der Waals surface area contributed by atoms with Gasteiger partial charge in [0.05, 0.1) is 26.4 Å². The zero-order chi connectivity index (χ0) is 15.6. The third-order valence-corrected chi connectivity index (χ3v) is 3.06. The fraction of sp³-hybridized carbons (Fsp3) is 0.562. The van der Waals surface area contributed by atoms with Gasteiger partial charge in [-0.25, -0.2) is 0 Å². The maximum Gasteiger partial charge on any atom is 0.195 e. The van der Waals surface area contributed by atoms with Crippen molar-refractivity contribution in [1.29, 1.82) is 0 Å². The van der Waals surface area contributed by atoms with E-state index in [2.05, 4.69) is 15.6 Å². The SMILES string of the molecule is CCNC(=NCCOCC)Nc1ccc2c(c1)OCCCO2.I. The molecule has 0 saturated heterocycles. The van der Waals surface area contributed by atoms with Gasteiger partial charge in [-0.05, 0) is 26.0 Å². The fourth-order valence-electron chi connectivity index (χ4n) is 2.05. The van der Waals surface area contributed by atoms with E-state index in [1.54, 1.807) is 0 Å². The molecule has 1 heterocycles. The van der Waals surface area contributed by atoms with Gasteiger partial charge in [0.15, 0.2) is 17.5 Å². The zero-order valence-corrected chi connectivity index (χ0v) is 16.1. The fourth-order valence-corrected chi connectivity index (χ4v) is 2.05. The van der Waals surface area contributed by atoms with Crippen LogP contribution in [0.25, 0.3) is 0 Å². The molecule has 23 heavy (non-hydrogen) atoms. The minimum atomic E-state index is 0. The summed E-state index contributed by atoms with van der Waals surface area (Å²) in [5.41, 5.74) is 0.917. The molecule has 0 radical (unpaired) electrons. The highest BCUT2D eigenvalue weighted by atomic mass is 127. The Morgan fingerprint density at radius 2 is 2.00 bits per heavy atom. The van der Waals surface area contributed by atoms with Crippen LogP contribution in [-0.2, 0) is 4.74 Å². The van der Waals surface area contributed by atoms with Crippen molar-refractivity contribution in [2.45, 2.75) is 20.3 Å². The molecule has 6 nitrogen and oxygen atoms in total. The topological polar surface area (TPSA) is 64.1 Å².